The number of aliphatic hydroxyl groups is 1. The van der Waals surface area contributed by atoms with Gasteiger partial charge in [0.15, 0.2) is 0 Å². The molecule has 126 valence electrons. The number of carbonyl (C=O) groups excluding carboxylic acids is 1. The van der Waals surface area contributed by atoms with Gasteiger partial charge in [-0.25, -0.2) is 0 Å². The van der Waals surface area contributed by atoms with Gasteiger partial charge in [0.2, 0.25) is 11.8 Å². The first-order chi connectivity index (χ1) is 11.0. The van der Waals surface area contributed by atoms with Crippen molar-refractivity contribution in [2.24, 2.45) is 11.8 Å². The lowest BCUT2D eigenvalue weighted by Gasteiger charge is -2.26. The molecule has 0 spiro atoms. The summed E-state index contributed by atoms with van der Waals surface area (Å²) in [6.07, 6.45) is 3.52. The first kappa shape index (κ1) is 16.1. The summed E-state index contributed by atoms with van der Waals surface area (Å²) < 4.78 is 10.3. The molecule has 1 aromatic rings. The first-order valence-corrected chi connectivity index (χ1v) is 8.07. The fraction of sp³-hybridized carbons (Fsp3) is 0.647. The minimum Gasteiger partial charge on any atom is -0.481 e. The van der Waals surface area contributed by atoms with Crippen molar-refractivity contribution in [2.75, 3.05) is 21.3 Å². The standard InChI is InChI=1S/C17H24N2O4/c1-19(12-6-10-8-13(20)9-11(10)7-12)17(21)14-4-5-15(22-2)18-16(14)23-3/h4-5,10-13,20H,6-9H2,1-3H3/t10-,11+,12?,13?. The summed E-state index contributed by atoms with van der Waals surface area (Å²) in [6.45, 7) is 0. The SMILES string of the molecule is COc1ccc(C(=O)N(C)C2C[C@H]3CC(O)C[C@H]3C2)c(OC)n1. The summed E-state index contributed by atoms with van der Waals surface area (Å²) in [5, 5.41) is 9.75. The highest BCUT2D eigenvalue weighted by atomic mass is 16.5. The van der Waals surface area contributed by atoms with Crippen LogP contribution in [0.5, 0.6) is 11.8 Å². The summed E-state index contributed by atoms with van der Waals surface area (Å²) in [6, 6.07) is 3.59. The van der Waals surface area contributed by atoms with E-state index in [2.05, 4.69) is 4.98 Å². The number of fused-ring (bicyclic) bond motifs is 1. The fourth-order valence-corrected chi connectivity index (χ4v) is 4.08. The number of hydrogen-bond acceptors (Lipinski definition) is 5. The van der Waals surface area contributed by atoms with Gasteiger partial charge in [-0.15, -0.1) is 0 Å². The van der Waals surface area contributed by atoms with Crippen molar-refractivity contribution in [2.45, 2.75) is 37.8 Å². The maximum absolute atomic E-state index is 12.8. The number of aromatic nitrogens is 1. The summed E-state index contributed by atoms with van der Waals surface area (Å²) in [5.41, 5.74) is 0.452. The predicted molar refractivity (Wildman–Crippen MR) is 84.7 cm³/mol. The molecule has 1 N–H and O–H groups in total. The molecule has 23 heavy (non-hydrogen) atoms. The van der Waals surface area contributed by atoms with Gasteiger partial charge in [0.1, 0.15) is 5.56 Å². The number of methoxy groups -OCH3 is 2. The number of rotatable bonds is 4. The van der Waals surface area contributed by atoms with Crippen LogP contribution in [0, 0.1) is 11.8 Å². The van der Waals surface area contributed by atoms with E-state index in [-0.39, 0.29) is 23.9 Å². The third-order valence-electron chi connectivity index (χ3n) is 5.30. The molecule has 0 aromatic carbocycles. The second-order valence-electron chi connectivity index (χ2n) is 6.60. The topological polar surface area (TPSA) is 71.9 Å². The Balaban J connectivity index is 1.73. The summed E-state index contributed by atoms with van der Waals surface area (Å²) >= 11 is 0. The average molecular weight is 320 g/mol. The van der Waals surface area contributed by atoms with Gasteiger partial charge in [0, 0.05) is 19.2 Å². The van der Waals surface area contributed by atoms with Crippen LogP contribution in [0.3, 0.4) is 0 Å². The van der Waals surface area contributed by atoms with E-state index in [1.165, 1.54) is 14.2 Å². The van der Waals surface area contributed by atoms with Crippen molar-refractivity contribution in [3.8, 4) is 11.8 Å². The van der Waals surface area contributed by atoms with Crippen molar-refractivity contribution < 1.29 is 19.4 Å². The summed E-state index contributed by atoms with van der Waals surface area (Å²) in [5.74, 6) is 1.71. The van der Waals surface area contributed by atoms with Gasteiger partial charge in [0.05, 0.1) is 20.3 Å². The third-order valence-corrected chi connectivity index (χ3v) is 5.30. The Hall–Kier alpha value is -1.82. The fourth-order valence-electron chi connectivity index (χ4n) is 4.08. The molecule has 1 heterocycles. The van der Waals surface area contributed by atoms with E-state index in [1.54, 1.807) is 17.0 Å². The lowest BCUT2D eigenvalue weighted by molar-refractivity contribution is 0.0718. The molecular formula is C17H24N2O4. The second kappa shape index (κ2) is 6.35. The highest BCUT2D eigenvalue weighted by Gasteiger charge is 2.43. The molecule has 6 heteroatoms. The lowest BCUT2D eigenvalue weighted by Crippen LogP contribution is -2.36. The molecule has 2 aliphatic carbocycles. The molecular weight excluding hydrogens is 296 g/mol. The number of hydrogen-bond donors (Lipinski definition) is 1. The molecule has 0 bridgehead atoms. The molecule has 2 aliphatic rings. The van der Waals surface area contributed by atoms with E-state index in [0.717, 1.165) is 25.7 Å². The number of aliphatic hydroxyl groups excluding tert-OH is 1. The molecule has 1 aromatic heterocycles. The van der Waals surface area contributed by atoms with Gasteiger partial charge in [-0.1, -0.05) is 0 Å². The van der Waals surface area contributed by atoms with Gasteiger partial charge in [0.25, 0.3) is 5.91 Å². The minimum absolute atomic E-state index is 0.0810. The Morgan fingerprint density at radius 2 is 1.83 bits per heavy atom. The van der Waals surface area contributed by atoms with E-state index in [0.29, 0.717) is 23.3 Å². The lowest BCUT2D eigenvalue weighted by atomic mass is 10.0. The number of pyridine rings is 1. The molecule has 6 nitrogen and oxygen atoms in total. The van der Waals surface area contributed by atoms with Crippen molar-refractivity contribution in [3.05, 3.63) is 17.7 Å². The van der Waals surface area contributed by atoms with Crippen LogP contribution in [0.15, 0.2) is 12.1 Å². The van der Waals surface area contributed by atoms with Crippen LogP contribution in [0.1, 0.15) is 36.0 Å². The van der Waals surface area contributed by atoms with E-state index in [1.807, 2.05) is 7.05 Å². The predicted octanol–water partition coefficient (Wildman–Crippen LogP) is 1.72. The van der Waals surface area contributed by atoms with Gasteiger partial charge in [-0.3, -0.25) is 4.79 Å². The normalized spacial score (nSPS) is 29.2. The summed E-state index contributed by atoms with van der Waals surface area (Å²) in [7, 11) is 4.87. The highest BCUT2D eigenvalue weighted by Crippen LogP contribution is 2.45. The third kappa shape index (κ3) is 3.00. The van der Waals surface area contributed by atoms with Crippen molar-refractivity contribution >= 4 is 5.91 Å². The summed E-state index contributed by atoms with van der Waals surface area (Å²) in [4.78, 5) is 18.8. The molecule has 2 saturated carbocycles. The molecule has 2 fully saturated rings. The zero-order valence-corrected chi connectivity index (χ0v) is 13.9. The van der Waals surface area contributed by atoms with Crippen LogP contribution in [0.25, 0.3) is 0 Å². The van der Waals surface area contributed by atoms with E-state index < -0.39 is 0 Å². The number of nitrogens with zero attached hydrogens (tertiary/aromatic N) is 2. The average Bonchev–Trinajstić information content (AvgIpc) is 3.10. The van der Waals surface area contributed by atoms with Crippen LogP contribution in [-0.2, 0) is 0 Å². The van der Waals surface area contributed by atoms with Crippen LogP contribution < -0.4 is 9.47 Å². The van der Waals surface area contributed by atoms with Crippen LogP contribution in [0.4, 0.5) is 0 Å². The molecule has 4 atom stereocenters. The van der Waals surface area contributed by atoms with Crippen molar-refractivity contribution in [1.29, 1.82) is 0 Å². The maximum Gasteiger partial charge on any atom is 0.259 e. The zero-order chi connectivity index (χ0) is 16.6. The van der Waals surface area contributed by atoms with Gasteiger partial charge in [-0.2, -0.15) is 4.98 Å². The second-order valence-corrected chi connectivity index (χ2v) is 6.60. The first-order valence-electron chi connectivity index (χ1n) is 8.07. The highest BCUT2D eigenvalue weighted by molar-refractivity contribution is 5.96. The molecule has 0 aliphatic heterocycles. The molecule has 0 saturated heterocycles. The maximum atomic E-state index is 12.8. The number of carbonyl (C=O) groups is 1. The number of ether oxygens (including phenoxy) is 2. The number of amides is 1. The molecule has 1 amide bonds. The van der Waals surface area contributed by atoms with Gasteiger partial charge in [-0.05, 0) is 43.6 Å². The monoisotopic (exact) mass is 320 g/mol. The Labute approximate surface area is 136 Å². The largest absolute Gasteiger partial charge is 0.481 e. The minimum atomic E-state index is -0.155. The van der Waals surface area contributed by atoms with Crippen molar-refractivity contribution in [1.82, 2.24) is 9.88 Å². The zero-order valence-electron chi connectivity index (χ0n) is 13.9. The Morgan fingerprint density at radius 3 is 2.39 bits per heavy atom. The van der Waals surface area contributed by atoms with Gasteiger partial charge >= 0.3 is 0 Å². The van der Waals surface area contributed by atoms with E-state index in [9.17, 15) is 9.90 Å². The van der Waals surface area contributed by atoms with Crippen molar-refractivity contribution in [3.63, 3.8) is 0 Å². The Bertz CT molecular complexity index is 578. The van der Waals surface area contributed by atoms with E-state index in [4.69, 9.17) is 9.47 Å². The van der Waals surface area contributed by atoms with Crippen LogP contribution >= 0.6 is 0 Å². The van der Waals surface area contributed by atoms with Gasteiger partial charge < -0.3 is 19.5 Å². The quantitative estimate of drug-likeness (QED) is 0.914. The van der Waals surface area contributed by atoms with Crippen LogP contribution in [0.2, 0.25) is 0 Å². The Kier molecular flexibility index (Phi) is 4.43. The van der Waals surface area contributed by atoms with Crippen LogP contribution in [-0.4, -0.2) is 54.3 Å². The van der Waals surface area contributed by atoms with E-state index >= 15 is 0 Å². The smallest absolute Gasteiger partial charge is 0.259 e. The molecule has 2 unspecified atom stereocenters. The Morgan fingerprint density at radius 1 is 1.17 bits per heavy atom. The molecule has 0 radical (unpaired) electrons. The molecule has 3 rings (SSSR count).